The highest BCUT2D eigenvalue weighted by Crippen LogP contribution is 2.17. The summed E-state index contributed by atoms with van der Waals surface area (Å²) >= 11 is 0. The second-order valence-electron chi connectivity index (χ2n) is 7.00. The molecule has 2 aromatic carbocycles. The average Bonchev–Trinajstić information content (AvgIpc) is 2.64. The third kappa shape index (κ3) is 5.18. The normalized spacial score (nSPS) is 20.7. The Morgan fingerprint density at radius 3 is 2.36 bits per heavy atom. The Bertz CT molecular complexity index is 688. The van der Waals surface area contributed by atoms with Gasteiger partial charge in [0.05, 0.1) is 13.7 Å². The minimum absolute atomic E-state index is 0.984. The highest BCUT2D eigenvalue weighted by atomic mass is 16.5. The Morgan fingerprint density at radius 1 is 0.960 bits per heavy atom. The fourth-order valence-electron chi connectivity index (χ4n) is 3.60. The van der Waals surface area contributed by atoms with Crippen LogP contribution in [-0.2, 0) is 6.54 Å². The van der Waals surface area contributed by atoms with Gasteiger partial charge in [-0.25, -0.2) is 0 Å². The van der Waals surface area contributed by atoms with E-state index in [9.17, 15) is 0 Å². The molecule has 1 aliphatic rings. The van der Waals surface area contributed by atoms with Crippen LogP contribution in [0.15, 0.2) is 54.6 Å². The molecule has 0 unspecified atom stereocenters. The van der Waals surface area contributed by atoms with Gasteiger partial charge in [0.15, 0.2) is 0 Å². The van der Waals surface area contributed by atoms with E-state index in [1.807, 2.05) is 0 Å². The van der Waals surface area contributed by atoms with Crippen molar-refractivity contribution in [3.63, 3.8) is 0 Å². The van der Waals surface area contributed by atoms with E-state index in [4.69, 9.17) is 4.74 Å². The van der Waals surface area contributed by atoms with Crippen LogP contribution in [0.5, 0.6) is 5.75 Å². The lowest BCUT2D eigenvalue weighted by atomic mass is 10.1. The molecular weight excluding hydrogens is 308 g/mol. The van der Waals surface area contributed by atoms with Crippen LogP contribution in [0.3, 0.4) is 0 Å². The van der Waals surface area contributed by atoms with Crippen molar-refractivity contribution in [2.24, 2.45) is 0 Å². The van der Waals surface area contributed by atoms with E-state index in [2.05, 4.69) is 67.6 Å². The van der Waals surface area contributed by atoms with E-state index in [0.717, 1.165) is 18.8 Å². The van der Waals surface area contributed by atoms with Crippen LogP contribution in [0.25, 0.3) is 6.08 Å². The first-order valence-corrected chi connectivity index (χ1v) is 9.27. The maximum atomic E-state index is 5.36. The standard InChI is InChI=1S/C22H28N2O/c1-19-17-21(10-11-22(19)25-2)18-24-15-13-23(14-16-24)12-6-9-20-7-4-3-5-8-20/h3-11,17H,12-16,18H2,1-2H3/p+2/b9-6+. The monoisotopic (exact) mass is 338 g/mol. The fraction of sp³-hybridized carbons (Fsp3) is 0.364. The molecule has 0 saturated carbocycles. The minimum atomic E-state index is 0.984. The molecule has 0 aromatic heterocycles. The lowest BCUT2D eigenvalue weighted by Crippen LogP contribution is -3.27. The molecule has 0 bridgehead atoms. The molecule has 25 heavy (non-hydrogen) atoms. The molecule has 0 amide bonds. The third-order valence-corrected chi connectivity index (χ3v) is 5.09. The van der Waals surface area contributed by atoms with Gasteiger partial charge >= 0.3 is 0 Å². The molecule has 132 valence electrons. The van der Waals surface area contributed by atoms with Gasteiger partial charge in [0.1, 0.15) is 38.5 Å². The zero-order valence-corrected chi connectivity index (χ0v) is 15.4. The first kappa shape index (κ1) is 17.7. The van der Waals surface area contributed by atoms with Gasteiger partial charge < -0.3 is 14.5 Å². The van der Waals surface area contributed by atoms with Crippen LogP contribution in [-0.4, -0.2) is 39.8 Å². The van der Waals surface area contributed by atoms with Gasteiger partial charge in [0.25, 0.3) is 0 Å². The van der Waals surface area contributed by atoms with Gasteiger partial charge in [0.2, 0.25) is 0 Å². The summed E-state index contributed by atoms with van der Waals surface area (Å²) in [6, 6.07) is 17.1. The van der Waals surface area contributed by atoms with E-state index in [0.29, 0.717) is 0 Å². The first-order valence-electron chi connectivity index (χ1n) is 9.27. The number of aryl methyl sites for hydroxylation is 1. The van der Waals surface area contributed by atoms with Crippen molar-refractivity contribution in [1.82, 2.24) is 0 Å². The summed E-state index contributed by atoms with van der Waals surface area (Å²) in [5, 5.41) is 0. The number of rotatable bonds is 6. The lowest BCUT2D eigenvalue weighted by Gasteiger charge is -2.29. The molecule has 0 spiro atoms. The maximum Gasteiger partial charge on any atom is 0.127 e. The Hall–Kier alpha value is -2.10. The van der Waals surface area contributed by atoms with E-state index < -0.39 is 0 Å². The van der Waals surface area contributed by atoms with Gasteiger partial charge in [-0.05, 0) is 42.3 Å². The van der Waals surface area contributed by atoms with Crippen LogP contribution in [0, 0.1) is 6.92 Å². The molecule has 1 saturated heterocycles. The van der Waals surface area contributed by atoms with Crippen LogP contribution >= 0.6 is 0 Å². The molecule has 1 heterocycles. The number of nitrogens with one attached hydrogen (secondary N) is 2. The number of piperazine rings is 1. The molecule has 2 aromatic rings. The predicted octanol–water partition coefficient (Wildman–Crippen LogP) is 1.00. The SMILES string of the molecule is COc1ccc(C[NH+]2CC[NH+](C/C=C/c3ccccc3)CC2)cc1C. The Balaban J connectivity index is 1.44. The van der Waals surface area contributed by atoms with Crippen LogP contribution < -0.4 is 14.5 Å². The summed E-state index contributed by atoms with van der Waals surface area (Å²) in [5.41, 5.74) is 3.94. The van der Waals surface area contributed by atoms with Crippen molar-refractivity contribution in [3.05, 3.63) is 71.3 Å². The quantitative estimate of drug-likeness (QED) is 0.804. The smallest absolute Gasteiger partial charge is 0.127 e. The average molecular weight is 338 g/mol. The summed E-state index contributed by atoms with van der Waals surface area (Å²) < 4.78 is 5.36. The number of ether oxygens (including phenoxy) is 1. The maximum absolute atomic E-state index is 5.36. The van der Waals surface area contributed by atoms with Crippen molar-refractivity contribution in [1.29, 1.82) is 0 Å². The molecule has 3 nitrogen and oxygen atoms in total. The first-order chi connectivity index (χ1) is 12.2. The molecule has 0 radical (unpaired) electrons. The number of quaternary nitrogens is 2. The fourth-order valence-corrected chi connectivity index (χ4v) is 3.60. The molecule has 2 N–H and O–H groups in total. The highest BCUT2D eigenvalue weighted by Gasteiger charge is 2.22. The van der Waals surface area contributed by atoms with Crippen LogP contribution in [0.2, 0.25) is 0 Å². The topological polar surface area (TPSA) is 18.1 Å². The lowest BCUT2D eigenvalue weighted by molar-refractivity contribution is -1.02. The van der Waals surface area contributed by atoms with Crippen molar-refractivity contribution < 1.29 is 14.5 Å². The molecular formula is C22H30N2O+2. The summed E-state index contributed by atoms with van der Waals surface area (Å²) in [6.07, 6.45) is 4.56. The van der Waals surface area contributed by atoms with Crippen molar-refractivity contribution in [3.8, 4) is 5.75 Å². The number of methoxy groups -OCH3 is 1. The second kappa shape index (κ2) is 8.84. The number of benzene rings is 2. The summed E-state index contributed by atoms with van der Waals surface area (Å²) in [6.45, 7) is 9.38. The summed E-state index contributed by atoms with van der Waals surface area (Å²) in [5.74, 6) is 0.984. The Kier molecular flexibility index (Phi) is 6.26. The number of hydrogen-bond donors (Lipinski definition) is 2. The molecule has 1 fully saturated rings. The van der Waals surface area contributed by atoms with Gasteiger partial charge in [0, 0.05) is 5.56 Å². The third-order valence-electron chi connectivity index (χ3n) is 5.09. The zero-order chi connectivity index (χ0) is 17.5. The molecule has 1 aliphatic heterocycles. The van der Waals surface area contributed by atoms with Crippen molar-refractivity contribution in [2.45, 2.75) is 13.5 Å². The predicted molar refractivity (Wildman–Crippen MR) is 103 cm³/mol. The zero-order valence-electron chi connectivity index (χ0n) is 15.4. The largest absolute Gasteiger partial charge is 0.496 e. The molecule has 0 atom stereocenters. The van der Waals surface area contributed by atoms with Crippen molar-refractivity contribution in [2.75, 3.05) is 39.8 Å². The van der Waals surface area contributed by atoms with E-state index >= 15 is 0 Å². The van der Waals surface area contributed by atoms with E-state index in [1.165, 1.54) is 42.9 Å². The summed E-state index contributed by atoms with van der Waals surface area (Å²) in [4.78, 5) is 3.39. The van der Waals surface area contributed by atoms with Crippen LogP contribution in [0.1, 0.15) is 16.7 Å². The molecule has 0 aliphatic carbocycles. The highest BCUT2D eigenvalue weighted by molar-refractivity contribution is 5.48. The van der Waals surface area contributed by atoms with Gasteiger partial charge in [-0.15, -0.1) is 0 Å². The van der Waals surface area contributed by atoms with E-state index in [-0.39, 0.29) is 0 Å². The Morgan fingerprint density at radius 2 is 1.68 bits per heavy atom. The van der Waals surface area contributed by atoms with Crippen LogP contribution in [0.4, 0.5) is 0 Å². The number of hydrogen-bond acceptors (Lipinski definition) is 1. The van der Waals surface area contributed by atoms with Crippen molar-refractivity contribution >= 4 is 6.08 Å². The molecule has 3 rings (SSSR count). The second-order valence-corrected chi connectivity index (χ2v) is 7.00. The Labute approximate surface area is 151 Å². The summed E-state index contributed by atoms with van der Waals surface area (Å²) in [7, 11) is 1.74. The van der Waals surface area contributed by atoms with Gasteiger partial charge in [-0.3, -0.25) is 0 Å². The van der Waals surface area contributed by atoms with Gasteiger partial charge in [-0.2, -0.15) is 0 Å². The minimum Gasteiger partial charge on any atom is -0.496 e. The van der Waals surface area contributed by atoms with Gasteiger partial charge in [-0.1, -0.05) is 36.4 Å². The van der Waals surface area contributed by atoms with E-state index in [1.54, 1.807) is 16.9 Å². The molecule has 3 heteroatoms.